The van der Waals surface area contributed by atoms with E-state index in [2.05, 4.69) is 5.32 Å². The first-order valence-corrected chi connectivity index (χ1v) is 6.62. The zero-order valence-corrected chi connectivity index (χ0v) is 11.4. The van der Waals surface area contributed by atoms with Crippen LogP contribution in [0.5, 0.6) is 0 Å². The summed E-state index contributed by atoms with van der Waals surface area (Å²) >= 11 is 5.98. The van der Waals surface area contributed by atoms with E-state index in [-0.39, 0.29) is 5.91 Å². The molecule has 1 aromatic heterocycles. The standard InChI is InChI=1S/C16H12ClNO2/c17-14-7-3-2-6-13(14)16(19)18-10-12-9-11-5-1-4-8-15(11)20-12/h1-9H,10H2,(H,18,19). The first-order valence-electron chi connectivity index (χ1n) is 6.24. The average molecular weight is 286 g/mol. The zero-order chi connectivity index (χ0) is 13.9. The van der Waals surface area contributed by atoms with Crippen LogP contribution in [0.25, 0.3) is 11.0 Å². The van der Waals surface area contributed by atoms with Gasteiger partial charge in [-0.15, -0.1) is 0 Å². The molecule has 0 radical (unpaired) electrons. The van der Waals surface area contributed by atoms with Crippen LogP contribution in [0.2, 0.25) is 5.02 Å². The number of hydrogen-bond acceptors (Lipinski definition) is 2. The van der Waals surface area contributed by atoms with Gasteiger partial charge in [-0.05, 0) is 24.3 Å². The predicted octanol–water partition coefficient (Wildman–Crippen LogP) is 4.02. The van der Waals surface area contributed by atoms with Crippen LogP contribution >= 0.6 is 11.6 Å². The van der Waals surface area contributed by atoms with Crippen LogP contribution in [0.4, 0.5) is 0 Å². The molecule has 0 spiro atoms. The molecule has 0 aliphatic carbocycles. The highest BCUT2D eigenvalue weighted by Crippen LogP contribution is 2.19. The zero-order valence-electron chi connectivity index (χ0n) is 10.6. The summed E-state index contributed by atoms with van der Waals surface area (Å²) in [4.78, 5) is 12.0. The van der Waals surface area contributed by atoms with Gasteiger partial charge in [0.05, 0.1) is 17.1 Å². The number of furan rings is 1. The van der Waals surface area contributed by atoms with E-state index in [0.717, 1.165) is 11.0 Å². The molecule has 0 atom stereocenters. The summed E-state index contributed by atoms with van der Waals surface area (Å²) in [6.45, 7) is 0.332. The Morgan fingerprint density at radius 1 is 1.10 bits per heavy atom. The minimum Gasteiger partial charge on any atom is -0.459 e. The van der Waals surface area contributed by atoms with Crippen molar-refractivity contribution in [3.05, 3.63) is 70.9 Å². The molecule has 0 unspecified atom stereocenters. The van der Waals surface area contributed by atoms with Gasteiger partial charge in [-0.1, -0.05) is 41.9 Å². The minimum absolute atomic E-state index is 0.212. The lowest BCUT2D eigenvalue weighted by Crippen LogP contribution is -2.22. The first kappa shape index (κ1) is 12.8. The lowest BCUT2D eigenvalue weighted by Gasteiger charge is -2.04. The van der Waals surface area contributed by atoms with Crippen LogP contribution < -0.4 is 5.32 Å². The Labute approximate surface area is 121 Å². The largest absolute Gasteiger partial charge is 0.459 e. The molecule has 0 aliphatic heterocycles. The van der Waals surface area contributed by atoms with Gasteiger partial charge >= 0.3 is 0 Å². The van der Waals surface area contributed by atoms with Crippen molar-refractivity contribution in [1.82, 2.24) is 5.32 Å². The van der Waals surface area contributed by atoms with Crippen LogP contribution in [0.3, 0.4) is 0 Å². The highest BCUT2D eigenvalue weighted by molar-refractivity contribution is 6.33. The van der Waals surface area contributed by atoms with Crippen LogP contribution in [0.1, 0.15) is 16.1 Å². The van der Waals surface area contributed by atoms with Gasteiger partial charge in [0.15, 0.2) is 0 Å². The number of benzene rings is 2. The van der Waals surface area contributed by atoms with E-state index >= 15 is 0 Å². The second-order valence-corrected chi connectivity index (χ2v) is 4.82. The van der Waals surface area contributed by atoms with Crippen molar-refractivity contribution in [3.8, 4) is 0 Å². The van der Waals surface area contributed by atoms with Crippen molar-refractivity contribution in [3.63, 3.8) is 0 Å². The minimum atomic E-state index is -0.212. The third-order valence-electron chi connectivity index (χ3n) is 3.02. The third kappa shape index (κ3) is 2.53. The van der Waals surface area contributed by atoms with Gasteiger partial charge in [0.2, 0.25) is 0 Å². The van der Waals surface area contributed by atoms with Crippen LogP contribution in [0, 0.1) is 0 Å². The van der Waals surface area contributed by atoms with Gasteiger partial charge < -0.3 is 9.73 Å². The number of carbonyl (C=O) groups excluding carboxylic acids is 1. The Balaban J connectivity index is 1.73. The number of para-hydroxylation sites is 1. The summed E-state index contributed by atoms with van der Waals surface area (Å²) in [7, 11) is 0. The summed E-state index contributed by atoms with van der Waals surface area (Å²) in [6, 6.07) is 16.6. The Morgan fingerprint density at radius 2 is 1.85 bits per heavy atom. The van der Waals surface area contributed by atoms with Crippen molar-refractivity contribution in [2.24, 2.45) is 0 Å². The van der Waals surface area contributed by atoms with Crippen LogP contribution in [-0.4, -0.2) is 5.91 Å². The molecule has 0 aliphatic rings. The first-order chi connectivity index (χ1) is 9.74. The van der Waals surface area contributed by atoms with E-state index in [1.807, 2.05) is 30.3 Å². The molecule has 20 heavy (non-hydrogen) atoms. The van der Waals surface area contributed by atoms with Gasteiger partial charge in [0.1, 0.15) is 11.3 Å². The normalized spacial score (nSPS) is 10.7. The Kier molecular flexibility index (Phi) is 3.44. The molecule has 2 aromatic carbocycles. The summed E-state index contributed by atoms with van der Waals surface area (Å²) in [6.07, 6.45) is 0. The molecule has 1 heterocycles. The molecule has 100 valence electrons. The quantitative estimate of drug-likeness (QED) is 0.790. The lowest BCUT2D eigenvalue weighted by atomic mass is 10.2. The van der Waals surface area contributed by atoms with Crippen LogP contribution in [0.15, 0.2) is 59.0 Å². The fourth-order valence-electron chi connectivity index (χ4n) is 2.03. The second kappa shape index (κ2) is 5.39. The highest BCUT2D eigenvalue weighted by atomic mass is 35.5. The topological polar surface area (TPSA) is 42.2 Å². The summed E-state index contributed by atoms with van der Waals surface area (Å²) in [5.74, 6) is 0.502. The van der Waals surface area contributed by atoms with E-state index in [9.17, 15) is 4.79 Å². The summed E-state index contributed by atoms with van der Waals surface area (Å²) < 4.78 is 5.64. The smallest absolute Gasteiger partial charge is 0.253 e. The maximum absolute atomic E-state index is 12.0. The molecule has 0 fully saturated rings. The molecular formula is C16H12ClNO2. The molecular weight excluding hydrogens is 274 g/mol. The van der Waals surface area contributed by atoms with Gasteiger partial charge in [-0.2, -0.15) is 0 Å². The monoisotopic (exact) mass is 285 g/mol. The van der Waals surface area contributed by atoms with E-state index in [4.69, 9.17) is 16.0 Å². The van der Waals surface area contributed by atoms with Crippen molar-refractivity contribution in [2.45, 2.75) is 6.54 Å². The van der Waals surface area contributed by atoms with Crippen molar-refractivity contribution >= 4 is 28.5 Å². The van der Waals surface area contributed by atoms with E-state index in [1.54, 1.807) is 24.3 Å². The van der Waals surface area contributed by atoms with Crippen molar-refractivity contribution in [2.75, 3.05) is 0 Å². The molecule has 1 N–H and O–H groups in total. The number of carbonyl (C=O) groups is 1. The summed E-state index contributed by atoms with van der Waals surface area (Å²) in [5, 5.41) is 4.26. The highest BCUT2D eigenvalue weighted by Gasteiger charge is 2.10. The van der Waals surface area contributed by atoms with E-state index < -0.39 is 0 Å². The number of hydrogen-bond donors (Lipinski definition) is 1. The molecule has 4 heteroatoms. The lowest BCUT2D eigenvalue weighted by molar-refractivity contribution is 0.0948. The third-order valence-corrected chi connectivity index (χ3v) is 3.35. The van der Waals surface area contributed by atoms with Crippen molar-refractivity contribution < 1.29 is 9.21 Å². The fraction of sp³-hybridized carbons (Fsp3) is 0.0625. The molecule has 3 rings (SSSR count). The fourth-order valence-corrected chi connectivity index (χ4v) is 2.25. The molecule has 3 nitrogen and oxygen atoms in total. The van der Waals surface area contributed by atoms with E-state index in [1.165, 1.54) is 0 Å². The number of rotatable bonds is 3. The molecule has 3 aromatic rings. The average Bonchev–Trinajstić information content (AvgIpc) is 2.88. The van der Waals surface area contributed by atoms with Gasteiger partial charge in [0, 0.05) is 5.39 Å². The molecule has 0 bridgehead atoms. The maximum atomic E-state index is 12.0. The Morgan fingerprint density at radius 3 is 2.65 bits per heavy atom. The SMILES string of the molecule is O=C(NCc1cc2ccccc2o1)c1ccccc1Cl. The van der Waals surface area contributed by atoms with Gasteiger partial charge in [0.25, 0.3) is 5.91 Å². The second-order valence-electron chi connectivity index (χ2n) is 4.41. The maximum Gasteiger partial charge on any atom is 0.253 e. The number of amides is 1. The number of halogens is 1. The molecule has 1 amide bonds. The molecule has 0 saturated carbocycles. The summed E-state index contributed by atoms with van der Waals surface area (Å²) in [5.41, 5.74) is 1.28. The predicted molar refractivity (Wildman–Crippen MR) is 78.8 cm³/mol. The molecule has 0 saturated heterocycles. The van der Waals surface area contributed by atoms with Gasteiger partial charge in [-0.25, -0.2) is 0 Å². The Bertz CT molecular complexity index is 731. The van der Waals surface area contributed by atoms with E-state index in [0.29, 0.717) is 22.9 Å². The van der Waals surface area contributed by atoms with Crippen LogP contribution in [-0.2, 0) is 6.54 Å². The van der Waals surface area contributed by atoms with Crippen molar-refractivity contribution in [1.29, 1.82) is 0 Å². The van der Waals surface area contributed by atoms with Gasteiger partial charge in [-0.3, -0.25) is 4.79 Å². The number of fused-ring (bicyclic) bond motifs is 1. The number of nitrogens with one attached hydrogen (secondary N) is 1. The Hall–Kier alpha value is -2.26.